The third kappa shape index (κ3) is 4.21. The maximum Gasteiger partial charge on any atom is 0.255 e. The van der Waals surface area contributed by atoms with Crippen LogP contribution >= 0.6 is 0 Å². The molecule has 1 amide bonds. The molecule has 0 aliphatic carbocycles. The quantitative estimate of drug-likeness (QED) is 0.438. The Morgan fingerprint density at radius 2 is 1.93 bits per heavy atom. The highest BCUT2D eigenvalue weighted by atomic mass is 16.5. The molecule has 0 aliphatic heterocycles. The van der Waals surface area contributed by atoms with Crippen molar-refractivity contribution in [3.63, 3.8) is 0 Å². The fourth-order valence-corrected chi connectivity index (χ4v) is 3.27. The molecule has 0 radical (unpaired) electrons. The Morgan fingerprint density at radius 3 is 2.83 bits per heavy atom. The second-order valence-corrected chi connectivity index (χ2v) is 6.62. The summed E-state index contributed by atoms with van der Waals surface area (Å²) in [4.78, 5) is 20.2. The van der Waals surface area contributed by atoms with Gasteiger partial charge in [0.1, 0.15) is 11.6 Å². The van der Waals surface area contributed by atoms with Gasteiger partial charge >= 0.3 is 0 Å². The summed E-state index contributed by atoms with van der Waals surface area (Å²) >= 11 is 0. The van der Waals surface area contributed by atoms with Crippen LogP contribution in [-0.2, 0) is 6.42 Å². The van der Waals surface area contributed by atoms with E-state index in [0.717, 1.165) is 11.9 Å². The first kappa shape index (κ1) is 18.6. The molecule has 0 aliphatic rings. The molecule has 6 nitrogen and oxygen atoms in total. The molecule has 0 saturated heterocycles. The van der Waals surface area contributed by atoms with Crippen molar-refractivity contribution in [3.05, 3.63) is 84.2 Å². The van der Waals surface area contributed by atoms with E-state index >= 15 is 0 Å². The van der Waals surface area contributed by atoms with Gasteiger partial charge in [-0.05, 0) is 42.3 Å². The van der Waals surface area contributed by atoms with Crippen LogP contribution < -0.4 is 15.4 Å². The van der Waals surface area contributed by atoms with Gasteiger partial charge in [-0.3, -0.25) is 4.79 Å². The molecule has 3 N–H and O–H groups in total. The summed E-state index contributed by atoms with van der Waals surface area (Å²) in [6.07, 6.45) is 4.52. The van der Waals surface area contributed by atoms with Gasteiger partial charge in [0.15, 0.2) is 0 Å². The number of hydrogen-bond donors (Lipinski definition) is 3. The highest BCUT2D eigenvalue weighted by Crippen LogP contribution is 2.24. The van der Waals surface area contributed by atoms with Crippen molar-refractivity contribution in [1.82, 2.24) is 9.97 Å². The lowest BCUT2D eigenvalue weighted by atomic mass is 10.1. The summed E-state index contributed by atoms with van der Waals surface area (Å²) in [5, 5.41) is 7.41. The number of amides is 1. The number of para-hydroxylation sites is 3. The number of H-pyrrole nitrogens is 1. The number of anilines is 2. The molecule has 29 heavy (non-hydrogen) atoms. The first-order valence-corrected chi connectivity index (χ1v) is 9.44. The number of aromatic nitrogens is 2. The predicted molar refractivity (Wildman–Crippen MR) is 116 cm³/mol. The van der Waals surface area contributed by atoms with E-state index in [-0.39, 0.29) is 5.91 Å². The Morgan fingerprint density at radius 1 is 1.10 bits per heavy atom. The molecule has 2 heterocycles. The van der Waals surface area contributed by atoms with Crippen LogP contribution in [0.25, 0.3) is 10.9 Å². The first-order chi connectivity index (χ1) is 14.2. The van der Waals surface area contributed by atoms with E-state index in [1.165, 1.54) is 10.9 Å². The summed E-state index contributed by atoms with van der Waals surface area (Å²) in [6.45, 7) is 0.715. The van der Waals surface area contributed by atoms with Crippen molar-refractivity contribution in [2.24, 2.45) is 0 Å². The van der Waals surface area contributed by atoms with E-state index in [0.29, 0.717) is 29.4 Å². The lowest BCUT2D eigenvalue weighted by Gasteiger charge is -2.11. The number of carbonyl (C=O) groups excluding carboxylic acids is 1. The van der Waals surface area contributed by atoms with Gasteiger partial charge in [0.25, 0.3) is 5.91 Å². The molecule has 4 aromatic rings. The van der Waals surface area contributed by atoms with Crippen LogP contribution in [0.1, 0.15) is 15.9 Å². The molecule has 0 spiro atoms. The fourth-order valence-electron chi connectivity index (χ4n) is 3.27. The van der Waals surface area contributed by atoms with E-state index in [4.69, 9.17) is 4.74 Å². The second kappa shape index (κ2) is 8.48. The van der Waals surface area contributed by atoms with Crippen molar-refractivity contribution in [3.8, 4) is 5.75 Å². The van der Waals surface area contributed by atoms with E-state index in [1.807, 2.05) is 30.5 Å². The van der Waals surface area contributed by atoms with Gasteiger partial charge in [-0.2, -0.15) is 0 Å². The number of nitrogens with zero attached hydrogens (tertiary/aromatic N) is 1. The van der Waals surface area contributed by atoms with Gasteiger partial charge < -0.3 is 20.4 Å². The smallest absolute Gasteiger partial charge is 0.255 e. The lowest BCUT2D eigenvalue weighted by Crippen LogP contribution is -2.14. The molecule has 0 atom stereocenters. The summed E-state index contributed by atoms with van der Waals surface area (Å²) in [7, 11) is 1.58. The van der Waals surface area contributed by atoms with Crippen LogP contribution in [-0.4, -0.2) is 29.5 Å². The molecule has 0 unspecified atom stereocenters. The van der Waals surface area contributed by atoms with E-state index in [2.05, 4.69) is 32.7 Å². The molecular formula is C23H22N4O2. The monoisotopic (exact) mass is 386 g/mol. The molecule has 4 rings (SSSR count). The number of rotatable bonds is 7. The van der Waals surface area contributed by atoms with Gasteiger partial charge in [-0.25, -0.2) is 4.98 Å². The highest BCUT2D eigenvalue weighted by Gasteiger charge is 2.10. The molecule has 0 bridgehead atoms. The van der Waals surface area contributed by atoms with Crippen molar-refractivity contribution >= 4 is 28.3 Å². The topological polar surface area (TPSA) is 79.0 Å². The molecular weight excluding hydrogens is 364 g/mol. The zero-order chi connectivity index (χ0) is 20.1. The van der Waals surface area contributed by atoms with Crippen LogP contribution in [0.5, 0.6) is 5.75 Å². The van der Waals surface area contributed by atoms with Gasteiger partial charge in [0, 0.05) is 35.4 Å². The van der Waals surface area contributed by atoms with E-state index in [9.17, 15) is 4.79 Å². The van der Waals surface area contributed by atoms with Crippen molar-refractivity contribution in [1.29, 1.82) is 0 Å². The minimum atomic E-state index is -0.212. The second-order valence-electron chi connectivity index (χ2n) is 6.62. The third-order valence-corrected chi connectivity index (χ3v) is 4.75. The summed E-state index contributed by atoms with van der Waals surface area (Å²) < 4.78 is 5.28. The van der Waals surface area contributed by atoms with Crippen molar-refractivity contribution in [2.45, 2.75) is 6.42 Å². The normalized spacial score (nSPS) is 10.7. The SMILES string of the molecule is COc1ccccc1NC(=O)c1ccnc(NCCc2c[nH]c3ccccc23)c1. The van der Waals surface area contributed by atoms with Crippen LogP contribution in [0.4, 0.5) is 11.5 Å². The summed E-state index contributed by atoms with van der Waals surface area (Å²) in [5.41, 5.74) is 3.54. The van der Waals surface area contributed by atoms with Gasteiger partial charge in [0.2, 0.25) is 0 Å². The summed E-state index contributed by atoms with van der Waals surface area (Å²) in [5.74, 6) is 1.07. The zero-order valence-corrected chi connectivity index (χ0v) is 16.1. The molecule has 0 saturated carbocycles. The Kier molecular flexibility index (Phi) is 5.42. The number of benzene rings is 2. The fraction of sp³-hybridized carbons (Fsp3) is 0.130. The average Bonchev–Trinajstić information content (AvgIpc) is 3.17. The number of methoxy groups -OCH3 is 1. The maximum absolute atomic E-state index is 12.6. The number of fused-ring (bicyclic) bond motifs is 1. The van der Waals surface area contributed by atoms with Gasteiger partial charge in [-0.15, -0.1) is 0 Å². The molecule has 146 valence electrons. The molecule has 6 heteroatoms. The van der Waals surface area contributed by atoms with Gasteiger partial charge in [0.05, 0.1) is 12.8 Å². The average molecular weight is 386 g/mol. The Balaban J connectivity index is 1.40. The maximum atomic E-state index is 12.6. The summed E-state index contributed by atoms with van der Waals surface area (Å²) in [6, 6.07) is 19.0. The molecule has 0 fully saturated rings. The number of ether oxygens (including phenoxy) is 1. The number of aromatic amines is 1. The minimum absolute atomic E-state index is 0.212. The van der Waals surface area contributed by atoms with Crippen molar-refractivity contribution < 1.29 is 9.53 Å². The van der Waals surface area contributed by atoms with E-state index < -0.39 is 0 Å². The van der Waals surface area contributed by atoms with Crippen molar-refractivity contribution in [2.75, 3.05) is 24.3 Å². The Hall–Kier alpha value is -3.80. The van der Waals surface area contributed by atoms with E-state index in [1.54, 1.807) is 37.6 Å². The standard InChI is InChI=1S/C23H22N4O2/c1-29-21-9-5-4-8-20(21)27-23(28)16-10-12-24-22(14-16)25-13-11-17-15-26-19-7-3-2-6-18(17)19/h2-10,12,14-15,26H,11,13H2,1H3,(H,24,25)(H,27,28). The molecule has 2 aromatic heterocycles. The van der Waals surface area contributed by atoms with Crippen LogP contribution in [0.2, 0.25) is 0 Å². The Bertz CT molecular complexity index is 1140. The first-order valence-electron chi connectivity index (χ1n) is 9.44. The highest BCUT2D eigenvalue weighted by molar-refractivity contribution is 6.05. The van der Waals surface area contributed by atoms with Gasteiger partial charge in [-0.1, -0.05) is 30.3 Å². The largest absolute Gasteiger partial charge is 0.495 e. The molecule has 2 aromatic carbocycles. The predicted octanol–water partition coefficient (Wildman–Crippen LogP) is 4.48. The number of hydrogen-bond acceptors (Lipinski definition) is 4. The third-order valence-electron chi connectivity index (χ3n) is 4.75. The van der Waals surface area contributed by atoms with Crippen LogP contribution in [0.3, 0.4) is 0 Å². The van der Waals surface area contributed by atoms with Crippen LogP contribution in [0.15, 0.2) is 73.1 Å². The zero-order valence-electron chi connectivity index (χ0n) is 16.1. The Labute approximate surface area is 168 Å². The number of carbonyl (C=O) groups is 1. The number of nitrogens with one attached hydrogen (secondary N) is 3. The lowest BCUT2D eigenvalue weighted by molar-refractivity contribution is 0.102. The van der Waals surface area contributed by atoms with Crippen LogP contribution in [0, 0.1) is 0 Å². The minimum Gasteiger partial charge on any atom is -0.495 e. The number of pyridine rings is 1.